The summed E-state index contributed by atoms with van der Waals surface area (Å²) in [6.07, 6.45) is 5.98. The summed E-state index contributed by atoms with van der Waals surface area (Å²) in [6, 6.07) is 14.1. The van der Waals surface area contributed by atoms with Gasteiger partial charge in [-0.25, -0.2) is 13.4 Å². The zero-order valence-electron chi connectivity index (χ0n) is 19.1. The fraction of sp³-hybridized carbons (Fsp3) is 0.375. The van der Waals surface area contributed by atoms with Gasteiger partial charge in [0.15, 0.2) is 0 Å². The zero-order valence-corrected chi connectivity index (χ0v) is 19.9. The Labute approximate surface area is 199 Å². The number of nitro benzene ring substituents is 1. The van der Waals surface area contributed by atoms with E-state index in [2.05, 4.69) is 10.3 Å². The van der Waals surface area contributed by atoms with E-state index >= 15 is 0 Å². The molecular weight excluding hydrogens is 454 g/mol. The Balaban J connectivity index is 1.45. The second-order valence-electron chi connectivity index (χ2n) is 8.68. The van der Waals surface area contributed by atoms with Gasteiger partial charge in [-0.15, -0.1) is 0 Å². The Morgan fingerprint density at radius 1 is 1.21 bits per heavy atom. The van der Waals surface area contributed by atoms with Crippen molar-refractivity contribution in [1.29, 1.82) is 0 Å². The molecule has 0 spiro atoms. The second kappa shape index (κ2) is 10.4. The minimum absolute atomic E-state index is 0.0442. The lowest BCUT2D eigenvalue weighted by atomic mass is 10.0. The van der Waals surface area contributed by atoms with Crippen molar-refractivity contribution in [2.24, 2.45) is 5.92 Å². The molecule has 34 heavy (non-hydrogen) atoms. The number of nitrogens with one attached hydrogen (secondary N) is 1. The van der Waals surface area contributed by atoms with E-state index in [1.54, 1.807) is 6.20 Å². The molecule has 0 radical (unpaired) electrons. The van der Waals surface area contributed by atoms with Crippen LogP contribution in [0.1, 0.15) is 31.2 Å². The van der Waals surface area contributed by atoms with Gasteiger partial charge < -0.3 is 9.88 Å². The van der Waals surface area contributed by atoms with Crippen molar-refractivity contribution < 1.29 is 13.3 Å². The molecule has 1 atom stereocenters. The monoisotopic (exact) mass is 483 g/mol. The lowest BCUT2D eigenvalue weighted by molar-refractivity contribution is -0.384. The summed E-state index contributed by atoms with van der Waals surface area (Å²) in [6.45, 7) is 4.00. The zero-order chi connectivity index (χ0) is 24.1. The predicted molar refractivity (Wildman–Crippen MR) is 130 cm³/mol. The molecule has 0 unspecified atom stereocenters. The Kier molecular flexibility index (Phi) is 7.28. The number of nitrogens with zero attached hydrogens (tertiary/aromatic N) is 4. The van der Waals surface area contributed by atoms with Gasteiger partial charge in [-0.05, 0) is 36.5 Å². The van der Waals surface area contributed by atoms with Gasteiger partial charge >= 0.3 is 0 Å². The first-order chi connectivity index (χ1) is 16.3. The highest BCUT2D eigenvalue weighted by Gasteiger charge is 2.30. The Morgan fingerprint density at radius 3 is 2.74 bits per heavy atom. The highest BCUT2D eigenvalue weighted by atomic mass is 32.2. The van der Waals surface area contributed by atoms with Crippen molar-refractivity contribution in [2.75, 3.05) is 25.0 Å². The summed E-state index contributed by atoms with van der Waals surface area (Å²) in [4.78, 5) is 15.5. The average Bonchev–Trinajstić information content (AvgIpc) is 3.26. The SMILES string of the molecule is C[C@@H]1CCCN(S(=O)(=O)c2ccc(NCCc3nccn3Cc3ccccc3)c([N+](=O)[O-])c2)C1. The average molecular weight is 484 g/mol. The van der Waals surface area contributed by atoms with Crippen molar-refractivity contribution in [3.8, 4) is 0 Å². The van der Waals surface area contributed by atoms with Crippen LogP contribution >= 0.6 is 0 Å². The standard InChI is InChI=1S/C24H29N5O4S/c1-19-6-5-14-28(17-19)34(32,33)21-9-10-22(23(16-21)29(30)31)25-12-11-24-26-13-15-27(24)18-20-7-3-2-4-8-20/h2-4,7-10,13,15-16,19,25H,5-6,11-12,14,17-18H2,1H3/t19-/m1/s1. The van der Waals surface area contributed by atoms with Crippen LogP contribution in [0.3, 0.4) is 0 Å². The largest absolute Gasteiger partial charge is 0.379 e. The molecule has 9 nitrogen and oxygen atoms in total. The highest BCUT2D eigenvalue weighted by molar-refractivity contribution is 7.89. The molecule has 2 aromatic carbocycles. The van der Waals surface area contributed by atoms with Gasteiger partial charge in [-0.2, -0.15) is 4.31 Å². The molecule has 4 rings (SSSR count). The predicted octanol–water partition coefficient (Wildman–Crippen LogP) is 3.91. The lowest BCUT2D eigenvalue weighted by Crippen LogP contribution is -2.39. The molecule has 1 aliphatic heterocycles. The summed E-state index contributed by atoms with van der Waals surface area (Å²) < 4.78 is 29.6. The number of hydrogen-bond acceptors (Lipinski definition) is 6. The molecule has 0 bridgehead atoms. The third-order valence-corrected chi connectivity index (χ3v) is 7.95. The number of benzene rings is 2. The number of sulfonamides is 1. The molecule has 180 valence electrons. The fourth-order valence-corrected chi connectivity index (χ4v) is 5.91. The summed E-state index contributed by atoms with van der Waals surface area (Å²) >= 11 is 0. The minimum atomic E-state index is -3.77. The number of hydrogen-bond donors (Lipinski definition) is 1. The van der Waals surface area contributed by atoms with Gasteiger partial charge in [-0.1, -0.05) is 37.3 Å². The molecule has 1 fully saturated rings. The van der Waals surface area contributed by atoms with Crippen LogP contribution in [0.4, 0.5) is 11.4 Å². The molecule has 1 aliphatic rings. The van der Waals surface area contributed by atoms with E-state index in [9.17, 15) is 18.5 Å². The van der Waals surface area contributed by atoms with Gasteiger partial charge in [0.05, 0.1) is 9.82 Å². The second-order valence-corrected chi connectivity index (χ2v) is 10.6. The van der Waals surface area contributed by atoms with Crippen LogP contribution in [0, 0.1) is 16.0 Å². The lowest BCUT2D eigenvalue weighted by Gasteiger charge is -2.30. The van der Waals surface area contributed by atoms with E-state index in [1.165, 1.54) is 16.4 Å². The number of aromatic nitrogens is 2. The van der Waals surface area contributed by atoms with Crippen LogP contribution in [0.15, 0.2) is 65.8 Å². The molecule has 0 aliphatic carbocycles. The van der Waals surface area contributed by atoms with Crippen LogP contribution < -0.4 is 5.32 Å². The minimum Gasteiger partial charge on any atom is -0.379 e. The van der Waals surface area contributed by atoms with Gasteiger partial charge in [0, 0.05) is 51.1 Å². The molecule has 2 heterocycles. The Hall–Kier alpha value is -3.24. The van der Waals surface area contributed by atoms with Gasteiger partial charge in [0.2, 0.25) is 10.0 Å². The molecule has 1 N–H and O–H groups in total. The highest BCUT2D eigenvalue weighted by Crippen LogP contribution is 2.30. The third-order valence-electron chi connectivity index (χ3n) is 6.08. The van der Waals surface area contributed by atoms with Crippen molar-refractivity contribution >= 4 is 21.4 Å². The van der Waals surface area contributed by atoms with Crippen LogP contribution in [0.25, 0.3) is 0 Å². The molecule has 1 saturated heterocycles. The van der Waals surface area contributed by atoms with E-state index in [-0.39, 0.29) is 22.2 Å². The summed E-state index contributed by atoms with van der Waals surface area (Å²) in [5.74, 6) is 1.13. The number of anilines is 1. The Bertz CT molecular complexity index is 1240. The van der Waals surface area contributed by atoms with Crippen LogP contribution in [-0.4, -0.2) is 46.8 Å². The topological polar surface area (TPSA) is 110 Å². The number of imidazole rings is 1. The van der Waals surface area contributed by atoms with Crippen LogP contribution in [-0.2, 0) is 23.0 Å². The van der Waals surface area contributed by atoms with E-state index < -0.39 is 14.9 Å². The van der Waals surface area contributed by atoms with Crippen molar-refractivity contribution in [1.82, 2.24) is 13.9 Å². The molecule has 10 heteroatoms. The molecule has 1 aromatic heterocycles. The third kappa shape index (κ3) is 5.45. The maximum atomic E-state index is 13.0. The van der Waals surface area contributed by atoms with Crippen LogP contribution in [0.2, 0.25) is 0 Å². The van der Waals surface area contributed by atoms with Crippen molar-refractivity contribution in [3.05, 3.63) is 82.4 Å². The normalized spacial score (nSPS) is 16.9. The molecule has 3 aromatic rings. The van der Waals surface area contributed by atoms with E-state index in [4.69, 9.17) is 0 Å². The number of piperidine rings is 1. The maximum absolute atomic E-state index is 13.0. The first-order valence-electron chi connectivity index (χ1n) is 11.4. The quantitative estimate of drug-likeness (QED) is 0.365. The molecular formula is C24H29N5O4S. The van der Waals surface area contributed by atoms with Gasteiger partial charge in [0.1, 0.15) is 11.5 Å². The van der Waals surface area contributed by atoms with Crippen LogP contribution in [0.5, 0.6) is 0 Å². The smallest absolute Gasteiger partial charge is 0.293 e. The number of nitro groups is 1. The first kappa shape index (κ1) is 23.9. The van der Waals surface area contributed by atoms with E-state index in [1.807, 2.05) is 48.0 Å². The molecule has 0 amide bonds. The molecule has 0 saturated carbocycles. The number of rotatable bonds is 9. The summed E-state index contributed by atoms with van der Waals surface area (Å²) in [7, 11) is -3.77. The van der Waals surface area contributed by atoms with E-state index in [0.717, 1.165) is 30.3 Å². The summed E-state index contributed by atoms with van der Waals surface area (Å²) in [5, 5.41) is 14.8. The van der Waals surface area contributed by atoms with Gasteiger partial charge in [0.25, 0.3) is 5.69 Å². The van der Waals surface area contributed by atoms with Crippen molar-refractivity contribution in [3.63, 3.8) is 0 Å². The Morgan fingerprint density at radius 2 is 2.00 bits per heavy atom. The fourth-order valence-electron chi connectivity index (χ4n) is 4.29. The van der Waals surface area contributed by atoms with Gasteiger partial charge in [-0.3, -0.25) is 10.1 Å². The summed E-state index contributed by atoms with van der Waals surface area (Å²) in [5.41, 5.74) is 1.20. The first-order valence-corrected chi connectivity index (χ1v) is 12.8. The maximum Gasteiger partial charge on any atom is 0.293 e. The van der Waals surface area contributed by atoms with E-state index in [0.29, 0.717) is 32.6 Å². The van der Waals surface area contributed by atoms with Crippen molar-refractivity contribution in [2.45, 2.75) is 37.6 Å².